The molecule has 0 aromatic heterocycles. The third-order valence-corrected chi connectivity index (χ3v) is 6.48. The van der Waals surface area contributed by atoms with Crippen LogP contribution in [0.25, 0.3) is 0 Å². The Hall–Kier alpha value is -1.14. The molecule has 31 heavy (non-hydrogen) atoms. The summed E-state index contributed by atoms with van der Waals surface area (Å²) in [7, 11) is 0. The number of allylic oxidation sites excluding steroid dienone is 2. The molecule has 0 aromatic carbocycles. The molecule has 0 heterocycles. The Morgan fingerprint density at radius 3 is 2.35 bits per heavy atom. The first-order valence-electron chi connectivity index (χ1n) is 12.2. The Morgan fingerprint density at radius 2 is 1.74 bits per heavy atom. The van der Waals surface area contributed by atoms with Gasteiger partial charge in [0.1, 0.15) is 0 Å². The normalized spacial score (nSPS) is 20.0. The Balaban J connectivity index is 2.24. The average molecular weight is 445 g/mol. The summed E-state index contributed by atoms with van der Waals surface area (Å²) in [4.78, 5) is 28.6. The number of carbonyl (C=O) groups excluding carboxylic acids is 2. The first-order chi connectivity index (χ1) is 14.7. The van der Waals surface area contributed by atoms with Gasteiger partial charge in [0, 0.05) is 18.8 Å². The smallest absolute Gasteiger partial charge is 0.295 e. The van der Waals surface area contributed by atoms with Crippen LogP contribution in [0.5, 0.6) is 0 Å². The van der Waals surface area contributed by atoms with Crippen molar-refractivity contribution in [3.05, 3.63) is 12.2 Å². The fraction of sp³-hybridized carbons (Fsp3) is 0.840. The maximum absolute atomic E-state index is 13.9. The van der Waals surface area contributed by atoms with E-state index < -0.39 is 11.7 Å². The molecule has 0 fully saturated rings. The highest BCUT2D eigenvalue weighted by Gasteiger charge is 2.38. The van der Waals surface area contributed by atoms with Gasteiger partial charge in [-0.3, -0.25) is 14.8 Å². The number of halogens is 2. The molecule has 0 bridgehead atoms. The van der Waals surface area contributed by atoms with Crippen LogP contribution in [-0.4, -0.2) is 28.9 Å². The molecule has 0 spiro atoms. The van der Waals surface area contributed by atoms with Gasteiger partial charge in [0.05, 0.1) is 6.10 Å². The zero-order valence-corrected chi connectivity index (χ0v) is 19.6. The number of rotatable bonds is 18. The van der Waals surface area contributed by atoms with Gasteiger partial charge >= 0.3 is 5.92 Å². The summed E-state index contributed by atoms with van der Waals surface area (Å²) in [5.74, 6) is -4.11. The Labute approximate surface area is 186 Å². The minimum Gasteiger partial charge on any atom is -0.295 e. The number of unbranched alkanes of at least 4 members (excludes halogenated alkanes) is 6. The molecule has 0 radical (unpaired) electrons. The number of alkyl halides is 2. The van der Waals surface area contributed by atoms with Gasteiger partial charge in [-0.2, -0.15) is 8.78 Å². The van der Waals surface area contributed by atoms with E-state index >= 15 is 0 Å². The molecule has 3 atom stereocenters. The summed E-state index contributed by atoms with van der Waals surface area (Å²) < 4.78 is 27.8. The lowest BCUT2D eigenvalue weighted by atomic mass is 9.85. The minimum absolute atomic E-state index is 0.0684. The lowest BCUT2D eigenvalue weighted by Gasteiger charge is -2.20. The zero-order chi connectivity index (χ0) is 23.3. The van der Waals surface area contributed by atoms with Crippen molar-refractivity contribution < 1.29 is 28.5 Å². The van der Waals surface area contributed by atoms with Crippen LogP contribution < -0.4 is 0 Å². The molecule has 1 N–H and O–H groups in total. The molecule has 0 saturated heterocycles. The van der Waals surface area contributed by atoms with Crippen LogP contribution in [0, 0.1) is 17.8 Å². The van der Waals surface area contributed by atoms with E-state index in [0.29, 0.717) is 25.2 Å². The SMILES string of the molecule is CCCCC(F)(F)C(=O)CC[C@H]1C=CC(=O)[C@@H]1CCCCCCCCC(OO)C(C)C. The van der Waals surface area contributed by atoms with Crippen molar-refractivity contribution in [1.29, 1.82) is 0 Å². The summed E-state index contributed by atoms with van der Waals surface area (Å²) in [5, 5.41) is 8.87. The van der Waals surface area contributed by atoms with Crippen molar-refractivity contribution >= 4 is 11.6 Å². The monoisotopic (exact) mass is 444 g/mol. The van der Waals surface area contributed by atoms with Crippen molar-refractivity contribution in [2.45, 2.75) is 116 Å². The third-order valence-electron chi connectivity index (χ3n) is 6.48. The van der Waals surface area contributed by atoms with Crippen molar-refractivity contribution in [2.75, 3.05) is 0 Å². The van der Waals surface area contributed by atoms with E-state index in [2.05, 4.69) is 4.89 Å². The molecule has 0 aromatic rings. The van der Waals surface area contributed by atoms with Crippen molar-refractivity contribution in [3.8, 4) is 0 Å². The average Bonchev–Trinajstić information content (AvgIpc) is 3.08. The van der Waals surface area contributed by atoms with Gasteiger partial charge in [-0.05, 0) is 43.6 Å². The van der Waals surface area contributed by atoms with Gasteiger partial charge < -0.3 is 0 Å². The maximum atomic E-state index is 13.9. The molecule has 1 aliphatic rings. The summed E-state index contributed by atoms with van der Waals surface area (Å²) in [6, 6.07) is 0. The van der Waals surface area contributed by atoms with Crippen molar-refractivity contribution in [3.63, 3.8) is 0 Å². The topological polar surface area (TPSA) is 63.6 Å². The van der Waals surface area contributed by atoms with Crippen LogP contribution in [0.15, 0.2) is 12.2 Å². The molecule has 1 aliphatic carbocycles. The van der Waals surface area contributed by atoms with E-state index in [-0.39, 0.29) is 36.6 Å². The lowest BCUT2D eigenvalue weighted by molar-refractivity contribution is -0.289. The van der Waals surface area contributed by atoms with Gasteiger partial charge in [-0.15, -0.1) is 0 Å². The highest BCUT2D eigenvalue weighted by atomic mass is 19.3. The predicted octanol–water partition coefficient (Wildman–Crippen LogP) is 7.17. The number of carbonyl (C=O) groups is 2. The second-order valence-electron chi connectivity index (χ2n) is 9.39. The van der Waals surface area contributed by atoms with Gasteiger partial charge in [0.2, 0.25) is 5.78 Å². The molecule has 180 valence electrons. The van der Waals surface area contributed by atoms with Gasteiger partial charge in [0.25, 0.3) is 0 Å². The fourth-order valence-electron chi connectivity index (χ4n) is 4.28. The van der Waals surface area contributed by atoms with Crippen LogP contribution in [0.4, 0.5) is 8.78 Å². The molecule has 0 saturated carbocycles. The van der Waals surface area contributed by atoms with Gasteiger partial charge in [-0.25, -0.2) is 4.89 Å². The van der Waals surface area contributed by atoms with Crippen LogP contribution in [0.2, 0.25) is 0 Å². The second-order valence-corrected chi connectivity index (χ2v) is 9.39. The molecular formula is C25H42F2O4. The molecule has 0 aliphatic heterocycles. The van der Waals surface area contributed by atoms with Gasteiger partial charge in [-0.1, -0.05) is 71.8 Å². The minimum atomic E-state index is -3.24. The molecule has 4 nitrogen and oxygen atoms in total. The first kappa shape index (κ1) is 27.9. The lowest BCUT2D eigenvalue weighted by Crippen LogP contribution is -2.29. The standard InChI is InChI=1S/C25H42F2O4/c1-4-5-18-25(26,27)24(29)17-15-20-14-16-22(28)21(20)12-10-8-6-7-9-11-13-23(31-30)19(2)3/h14,16,19-21,23,30H,4-13,15,17-18H2,1-3H3/t20-,21-,23?/m1/s1. The van der Waals surface area contributed by atoms with Crippen LogP contribution in [0.1, 0.15) is 104 Å². The van der Waals surface area contributed by atoms with E-state index in [1.807, 2.05) is 20.8 Å². The zero-order valence-electron chi connectivity index (χ0n) is 19.6. The molecule has 6 heteroatoms. The quantitative estimate of drug-likeness (QED) is 0.138. The largest absolute Gasteiger partial charge is 0.305 e. The molecule has 1 rings (SSSR count). The summed E-state index contributed by atoms with van der Waals surface area (Å²) in [5.41, 5.74) is 0. The second kappa shape index (κ2) is 14.8. The molecular weight excluding hydrogens is 402 g/mol. The number of Topliss-reactive ketones (excluding diaryl/α,β-unsaturated/α-hetero) is 1. The maximum Gasteiger partial charge on any atom is 0.305 e. The predicted molar refractivity (Wildman–Crippen MR) is 119 cm³/mol. The summed E-state index contributed by atoms with van der Waals surface area (Å²) in [6.07, 6.45) is 11.9. The highest BCUT2D eigenvalue weighted by Crippen LogP contribution is 2.33. The summed E-state index contributed by atoms with van der Waals surface area (Å²) in [6.45, 7) is 5.89. The molecule has 1 unspecified atom stereocenters. The Morgan fingerprint density at radius 1 is 1.10 bits per heavy atom. The van der Waals surface area contributed by atoms with E-state index in [0.717, 1.165) is 51.4 Å². The Kier molecular flexibility index (Phi) is 13.3. The van der Waals surface area contributed by atoms with Gasteiger partial charge in [0.15, 0.2) is 5.78 Å². The van der Waals surface area contributed by atoms with E-state index in [9.17, 15) is 18.4 Å². The number of hydrogen-bond acceptors (Lipinski definition) is 4. The van der Waals surface area contributed by atoms with E-state index in [4.69, 9.17) is 5.26 Å². The Bertz CT molecular complexity index is 560. The van der Waals surface area contributed by atoms with Crippen LogP contribution >= 0.6 is 0 Å². The van der Waals surface area contributed by atoms with E-state index in [1.54, 1.807) is 12.2 Å². The highest BCUT2D eigenvalue weighted by molar-refractivity contribution is 5.94. The summed E-state index contributed by atoms with van der Waals surface area (Å²) >= 11 is 0. The van der Waals surface area contributed by atoms with Crippen LogP contribution in [-0.2, 0) is 14.5 Å². The third kappa shape index (κ3) is 10.3. The first-order valence-corrected chi connectivity index (χ1v) is 12.2. The number of ketones is 2. The van der Waals surface area contributed by atoms with E-state index in [1.165, 1.54) is 0 Å². The van der Waals surface area contributed by atoms with Crippen molar-refractivity contribution in [1.82, 2.24) is 0 Å². The number of hydrogen-bond donors (Lipinski definition) is 1. The fourth-order valence-corrected chi connectivity index (χ4v) is 4.28. The van der Waals surface area contributed by atoms with Crippen LogP contribution in [0.3, 0.4) is 0 Å². The van der Waals surface area contributed by atoms with Crippen molar-refractivity contribution in [2.24, 2.45) is 17.8 Å². The molecule has 0 amide bonds.